The fraction of sp³-hybridized carbons (Fsp3) is 0.588. The van der Waals surface area contributed by atoms with Gasteiger partial charge < -0.3 is 38.8 Å². The van der Waals surface area contributed by atoms with E-state index in [1.54, 1.807) is 0 Å². The zero-order valence-corrected chi connectivity index (χ0v) is 29.6. The predicted octanol–water partition coefficient (Wildman–Crippen LogP) is 3.30. The highest BCUT2D eigenvalue weighted by Gasteiger charge is 2.44. The topological polar surface area (TPSA) is 172 Å². The minimum Gasteiger partial charge on any atom is -0.454 e. The number of benzene rings is 2. The number of amides is 2. The summed E-state index contributed by atoms with van der Waals surface area (Å²) in [5.74, 6) is 0.649. The first-order valence-electron chi connectivity index (χ1n) is 16.6. The normalized spacial score (nSPS) is 21.0. The van der Waals surface area contributed by atoms with Crippen molar-refractivity contribution >= 4 is 22.2 Å². The second-order valence-corrected chi connectivity index (χ2v) is 15.3. The van der Waals surface area contributed by atoms with Crippen molar-refractivity contribution in [3.63, 3.8) is 0 Å². The third kappa shape index (κ3) is 9.56. The van der Waals surface area contributed by atoms with Crippen LogP contribution < -0.4 is 14.8 Å². The Labute approximate surface area is 292 Å². The highest BCUT2D eigenvalue weighted by molar-refractivity contribution is 7.89. The van der Waals surface area contributed by atoms with Gasteiger partial charge in [-0.1, -0.05) is 44.2 Å². The minimum absolute atomic E-state index is 0.00224. The van der Waals surface area contributed by atoms with E-state index in [0.717, 1.165) is 10.6 Å². The molecule has 2 aromatic carbocycles. The molecule has 50 heavy (non-hydrogen) atoms. The van der Waals surface area contributed by atoms with Gasteiger partial charge in [0.05, 0.1) is 49.9 Å². The number of nitrogens with zero attached hydrogens (tertiary/aromatic N) is 2. The Kier molecular flexibility index (Phi) is 12.5. The average Bonchev–Trinajstić information content (AvgIpc) is 3.85. The van der Waals surface area contributed by atoms with Crippen LogP contribution in [0.2, 0.25) is 0 Å². The Balaban J connectivity index is 1.34. The SMILES string of the molecule is CON(C)C(=O)OCCCC(C)(C)CN(C[C@@H](O)[C@H](Cc1ccccc1)NC(=O)O[C@H]1CO[C@H]2OCC[C@H]21)S(=O)(=O)c1ccc2c(c1)OCO2. The van der Waals surface area contributed by atoms with Gasteiger partial charge in [0.15, 0.2) is 17.8 Å². The second kappa shape index (κ2) is 16.6. The summed E-state index contributed by atoms with van der Waals surface area (Å²) in [6.07, 6.45) is -1.82. The lowest BCUT2D eigenvalue weighted by Gasteiger charge is -2.35. The van der Waals surface area contributed by atoms with Gasteiger partial charge in [-0.25, -0.2) is 18.0 Å². The molecule has 3 heterocycles. The fourth-order valence-corrected chi connectivity index (χ4v) is 7.89. The number of rotatable bonds is 16. The van der Waals surface area contributed by atoms with E-state index in [9.17, 15) is 23.1 Å². The number of ether oxygens (including phenoxy) is 6. The lowest BCUT2D eigenvalue weighted by atomic mass is 9.87. The first kappa shape index (κ1) is 37.6. The van der Waals surface area contributed by atoms with Gasteiger partial charge in [0.1, 0.15) is 6.10 Å². The molecule has 0 radical (unpaired) electrons. The average molecular weight is 722 g/mol. The molecular weight excluding hydrogens is 674 g/mol. The monoisotopic (exact) mass is 721 g/mol. The summed E-state index contributed by atoms with van der Waals surface area (Å²) in [7, 11) is -1.44. The summed E-state index contributed by atoms with van der Waals surface area (Å²) >= 11 is 0. The number of nitrogens with one attached hydrogen (secondary N) is 1. The van der Waals surface area contributed by atoms with E-state index >= 15 is 0 Å². The molecule has 0 spiro atoms. The van der Waals surface area contributed by atoms with E-state index < -0.39 is 52.2 Å². The number of carbonyl (C=O) groups excluding carboxylic acids is 2. The summed E-state index contributed by atoms with van der Waals surface area (Å²) < 4.78 is 62.8. The number of carbonyl (C=O) groups is 2. The van der Waals surface area contributed by atoms with Crippen molar-refractivity contribution in [2.45, 2.75) is 69.0 Å². The number of hydrogen-bond acceptors (Lipinski definition) is 12. The number of sulfonamides is 1. The molecule has 2 N–H and O–H groups in total. The molecule has 2 fully saturated rings. The van der Waals surface area contributed by atoms with Gasteiger partial charge in [-0.3, -0.25) is 4.84 Å². The van der Waals surface area contributed by atoms with Crippen molar-refractivity contribution in [3.05, 3.63) is 54.1 Å². The van der Waals surface area contributed by atoms with Crippen LogP contribution in [-0.2, 0) is 40.2 Å². The molecular formula is C34H47N3O12S. The van der Waals surface area contributed by atoms with Crippen LogP contribution in [0.1, 0.15) is 38.7 Å². The molecule has 2 saturated heterocycles. The maximum Gasteiger partial charge on any atom is 0.433 e. The first-order valence-corrected chi connectivity index (χ1v) is 18.1. The highest BCUT2D eigenvalue weighted by atomic mass is 32.2. The molecule has 0 aliphatic carbocycles. The van der Waals surface area contributed by atoms with Crippen LogP contribution in [-0.4, -0.2) is 113 Å². The molecule has 15 nitrogen and oxygen atoms in total. The predicted molar refractivity (Wildman–Crippen MR) is 178 cm³/mol. The number of fused-ring (bicyclic) bond motifs is 2. The molecule has 2 aromatic rings. The summed E-state index contributed by atoms with van der Waals surface area (Å²) in [4.78, 5) is 30.0. The third-order valence-electron chi connectivity index (χ3n) is 9.04. The van der Waals surface area contributed by atoms with E-state index in [2.05, 4.69) is 5.32 Å². The van der Waals surface area contributed by atoms with Gasteiger partial charge in [0, 0.05) is 26.2 Å². The van der Waals surface area contributed by atoms with Gasteiger partial charge in [0.25, 0.3) is 0 Å². The van der Waals surface area contributed by atoms with Crippen molar-refractivity contribution in [2.75, 3.05) is 53.9 Å². The number of aliphatic hydroxyl groups excluding tert-OH is 1. The van der Waals surface area contributed by atoms with Crippen molar-refractivity contribution in [2.24, 2.45) is 11.3 Å². The Morgan fingerprint density at radius 2 is 1.86 bits per heavy atom. The number of hydroxylamine groups is 2. The molecule has 0 saturated carbocycles. The molecule has 3 aliphatic rings. The van der Waals surface area contributed by atoms with E-state index in [1.807, 2.05) is 44.2 Å². The Hall–Kier alpha value is -3.67. The smallest absolute Gasteiger partial charge is 0.433 e. The quantitative estimate of drug-likeness (QED) is 0.192. The Morgan fingerprint density at radius 3 is 2.62 bits per heavy atom. The summed E-state index contributed by atoms with van der Waals surface area (Å²) in [5, 5.41) is 15.5. The zero-order valence-electron chi connectivity index (χ0n) is 28.8. The van der Waals surface area contributed by atoms with E-state index in [1.165, 1.54) is 36.7 Å². The maximum absolute atomic E-state index is 14.3. The van der Waals surface area contributed by atoms with Gasteiger partial charge >= 0.3 is 12.2 Å². The first-order chi connectivity index (χ1) is 23.9. The summed E-state index contributed by atoms with van der Waals surface area (Å²) in [6, 6.07) is 12.7. The van der Waals surface area contributed by atoms with Crippen molar-refractivity contribution in [1.29, 1.82) is 0 Å². The van der Waals surface area contributed by atoms with Crippen LogP contribution in [0.4, 0.5) is 9.59 Å². The molecule has 16 heteroatoms. The zero-order chi connectivity index (χ0) is 35.9. The molecule has 0 aromatic heterocycles. The summed E-state index contributed by atoms with van der Waals surface area (Å²) in [5.41, 5.74) is 0.191. The van der Waals surface area contributed by atoms with Crippen LogP contribution >= 0.6 is 0 Å². The summed E-state index contributed by atoms with van der Waals surface area (Å²) in [6.45, 7) is 4.23. The van der Waals surface area contributed by atoms with Gasteiger partial charge in [-0.05, 0) is 48.8 Å². The molecule has 0 unspecified atom stereocenters. The third-order valence-corrected chi connectivity index (χ3v) is 10.8. The second-order valence-electron chi connectivity index (χ2n) is 13.4. The van der Waals surface area contributed by atoms with Crippen LogP contribution in [0, 0.1) is 11.3 Å². The molecule has 5 atom stereocenters. The number of aliphatic hydroxyl groups is 1. The Bertz CT molecular complexity index is 1560. The van der Waals surface area contributed by atoms with E-state index in [0.29, 0.717) is 37.4 Å². The highest BCUT2D eigenvalue weighted by Crippen LogP contribution is 2.36. The largest absolute Gasteiger partial charge is 0.454 e. The van der Waals surface area contributed by atoms with Crippen LogP contribution in [0.15, 0.2) is 53.4 Å². The van der Waals surface area contributed by atoms with Gasteiger partial charge in [0.2, 0.25) is 16.8 Å². The van der Waals surface area contributed by atoms with E-state index in [-0.39, 0.29) is 50.3 Å². The van der Waals surface area contributed by atoms with Crippen molar-refractivity contribution in [1.82, 2.24) is 14.7 Å². The molecule has 5 rings (SSSR count). The molecule has 2 amide bonds. The van der Waals surface area contributed by atoms with Crippen molar-refractivity contribution < 1.29 is 56.4 Å². The van der Waals surface area contributed by atoms with Crippen LogP contribution in [0.3, 0.4) is 0 Å². The molecule has 0 bridgehead atoms. The van der Waals surface area contributed by atoms with Crippen LogP contribution in [0.5, 0.6) is 11.5 Å². The molecule has 276 valence electrons. The van der Waals surface area contributed by atoms with Gasteiger partial charge in [-0.2, -0.15) is 9.37 Å². The van der Waals surface area contributed by atoms with Gasteiger partial charge in [-0.15, -0.1) is 0 Å². The number of hydrogen-bond donors (Lipinski definition) is 2. The standard InChI is InChI=1S/C34H47N3O12S/c1-34(2,14-8-15-45-33(40)36(3)43-4)21-37(50(41,42)24-11-12-28-29(18-24)48-22-47-28)19-27(38)26(17-23-9-6-5-7-10-23)35-32(39)49-30-20-46-31-25(30)13-16-44-31/h5-7,9-12,18,25-27,30-31,38H,8,13-17,19-22H2,1-4H3,(H,35,39)/t25-,26-,27+,30-,31+/m0/s1. The lowest BCUT2D eigenvalue weighted by Crippen LogP contribution is -2.52. The number of alkyl carbamates (subject to hydrolysis) is 1. The van der Waals surface area contributed by atoms with Crippen LogP contribution in [0.25, 0.3) is 0 Å². The Morgan fingerprint density at radius 1 is 1.10 bits per heavy atom. The van der Waals surface area contributed by atoms with E-state index in [4.69, 9.17) is 33.3 Å². The molecule has 3 aliphatic heterocycles. The minimum atomic E-state index is -4.22. The lowest BCUT2D eigenvalue weighted by molar-refractivity contribution is -0.0908. The maximum atomic E-state index is 14.3. The van der Waals surface area contributed by atoms with Crippen molar-refractivity contribution in [3.8, 4) is 11.5 Å². The fourth-order valence-electron chi connectivity index (χ4n) is 6.22.